The third kappa shape index (κ3) is 3.81. The lowest BCUT2D eigenvalue weighted by Crippen LogP contribution is -2.29. The summed E-state index contributed by atoms with van der Waals surface area (Å²) < 4.78 is 6.54. The Bertz CT molecular complexity index is 647. The van der Waals surface area contributed by atoms with Crippen molar-refractivity contribution in [3.63, 3.8) is 0 Å². The zero-order chi connectivity index (χ0) is 15.4. The molecule has 0 fully saturated rings. The lowest BCUT2D eigenvalue weighted by molar-refractivity contribution is -0.141. The lowest BCUT2D eigenvalue weighted by atomic mass is 10.2. The van der Waals surface area contributed by atoms with Gasteiger partial charge in [0.15, 0.2) is 4.96 Å². The molecular formula is C14H19N3O3S. The molecule has 0 bridgehead atoms. The van der Waals surface area contributed by atoms with E-state index in [1.807, 2.05) is 22.9 Å². The average molecular weight is 309 g/mol. The van der Waals surface area contributed by atoms with Gasteiger partial charge in [-0.15, -0.1) is 11.3 Å². The first-order valence-electron chi connectivity index (χ1n) is 6.74. The number of nitrogens with zero attached hydrogens (tertiary/aromatic N) is 3. The Morgan fingerprint density at radius 3 is 2.95 bits per heavy atom. The van der Waals surface area contributed by atoms with Crippen molar-refractivity contribution in [1.29, 1.82) is 0 Å². The van der Waals surface area contributed by atoms with E-state index in [9.17, 15) is 9.59 Å². The van der Waals surface area contributed by atoms with E-state index < -0.39 is 0 Å². The van der Waals surface area contributed by atoms with Crippen molar-refractivity contribution in [2.75, 3.05) is 20.7 Å². The van der Waals surface area contributed by atoms with Gasteiger partial charge >= 0.3 is 5.97 Å². The number of rotatable bonds is 6. The summed E-state index contributed by atoms with van der Waals surface area (Å²) in [6.07, 6.45) is 3.21. The van der Waals surface area contributed by atoms with Crippen molar-refractivity contribution in [3.05, 3.63) is 23.0 Å². The molecule has 114 valence electrons. The van der Waals surface area contributed by atoms with Gasteiger partial charge in [-0.1, -0.05) is 0 Å². The molecule has 0 unspecified atom stereocenters. The molecule has 2 rings (SSSR count). The van der Waals surface area contributed by atoms with Gasteiger partial charge in [-0.05, 0) is 13.3 Å². The third-order valence-electron chi connectivity index (χ3n) is 3.26. The molecule has 0 radical (unpaired) electrons. The second-order valence-electron chi connectivity index (χ2n) is 4.93. The van der Waals surface area contributed by atoms with E-state index in [1.165, 1.54) is 18.4 Å². The molecule has 7 heteroatoms. The predicted molar refractivity (Wildman–Crippen MR) is 80.4 cm³/mol. The molecule has 2 aromatic rings. The second kappa shape index (κ2) is 6.71. The minimum absolute atomic E-state index is 0.0333. The van der Waals surface area contributed by atoms with Gasteiger partial charge in [0.25, 0.3) is 0 Å². The van der Waals surface area contributed by atoms with Gasteiger partial charge in [0.2, 0.25) is 5.91 Å². The molecule has 0 aliphatic rings. The van der Waals surface area contributed by atoms with Gasteiger partial charge in [-0.25, -0.2) is 4.98 Å². The smallest absolute Gasteiger partial charge is 0.305 e. The molecule has 0 aliphatic carbocycles. The van der Waals surface area contributed by atoms with Gasteiger partial charge < -0.3 is 9.64 Å². The van der Waals surface area contributed by atoms with Crippen LogP contribution < -0.4 is 0 Å². The van der Waals surface area contributed by atoms with Crippen LogP contribution in [0.4, 0.5) is 0 Å². The number of thiazole rings is 1. The van der Waals surface area contributed by atoms with E-state index >= 15 is 0 Å². The second-order valence-corrected chi connectivity index (χ2v) is 5.77. The van der Waals surface area contributed by atoms with Crippen LogP contribution in [-0.4, -0.2) is 46.9 Å². The highest BCUT2D eigenvalue weighted by atomic mass is 32.1. The van der Waals surface area contributed by atoms with Gasteiger partial charge in [0.05, 0.1) is 19.2 Å². The van der Waals surface area contributed by atoms with Crippen LogP contribution in [0.15, 0.2) is 11.6 Å². The highest BCUT2D eigenvalue weighted by Gasteiger charge is 2.14. The number of fused-ring (bicyclic) bond motifs is 1. The first kappa shape index (κ1) is 15.5. The molecule has 0 atom stereocenters. The first-order valence-corrected chi connectivity index (χ1v) is 7.62. The Morgan fingerprint density at radius 1 is 1.48 bits per heavy atom. The van der Waals surface area contributed by atoms with Crippen molar-refractivity contribution in [2.45, 2.75) is 26.2 Å². The fraction of sp³-hybridized carbons (Fsp3) is 0.500. The van der Waals surface area contributed by atoms with E-state index in [4.69, 9.17) is 0 Å². The molecule has 2 heterocycles. The summed E-state index contributed by atoms with van der Waals surface area (Å²) in [6, 6.07) is 0. The fourth-order valence-electron chi connectivity index (χ4n) is 2.05. The lowest BCUT2D eigenvalue weighted by Gasteiger charge is -2.16. The summed E-state index contributed by atoms with van der Waals surface area (Å²) >= 11 is 1.53. The molecule has 2 aromatic heterocycles. The normalized spacial score (nSPS) is 10.8. The van der Waals surface area contributed by atoms with E-state index in [0.29, 0.717) is 25.8 Å². The van der Waals surface area contributed by atoms with Crippen molar-refractivity contribution in [3.8, 4) is 0 Å². The molecule has 0 saturated carbocycles. The monoisotopic (exact) mass is 309 g/mol. The number of hydrogen-bond donors (Lipinski definition) is 0. The number of carbonyl (C=O) groups is 2. The van der Waals surface area contributed by atoms with Crippen molar-refractivity contribution in [1.82, 2.24) is 14.3 Å². The van der Waals surface area contributed by atoms with Crippen molar-refractivity contribution >= 4 is 28.2 Å². The fourth-order valence-corrected chi connectivity index (χ4v) is 2.96. The summed E-state index contributed by atoms with van der Waals surface area (Å²) in [5.74, 6) is -0.213. The zero-order valence-corrected chi connectivity index (χ0v) is 13.3. The number of amides is 1. The van der Waals surface area contributed by atoms with Crippen LogP contribution >= 0.6 is 11.3 Å². The number of esters is 1. The van der Waals surface area contributed by atoms with Gasteiger partial charge in [0.1, 0.15) is 0 Å². The van der Waals surface area contributed by atoms with Crippen LogP contribution in [0.2, 0.25) is 0 Å². The SMILES string of the molecule is COC(=O)CCCN(C)C(=O)Cc1csc2nc(C)cn12. The van der Waals surface area contributed by atoms with Crippen LogP contribution in [-0.2, 0) is 20.7 Å². The maximum atomic E-state index is 12.2. The minimum Gasteiger partial charge on any atom is -0.469 e. The van der Waals surface area contributed by atoms with Gasteiger partial charge in [0, 0.05) is 37.3 Å². The number of ether oxygens (including phenoxy) is 1. The largest absolute Gasteiger partial charge is 0.469 e. The van der Waals surface area contributed by atoms with Crippen LogP contribution in [0.5, 0.6) is 0 Å². The highest BCUT2D eigenvalue weighted by Crippen LogP contribution is 2.17. The number of carbonyl (C=O) groups excluding carboxylic acids is 2. The Hall–Kier alpha value is -1.89. The number of aromatic nitrogens is 2. The van der Waals surface area contributed by atoms with Crippen LogP contribution in [0, 0.1) is 6.92 Å². The molecule has 0 aromatic carbocycles. The van der Waals surface area contributed by atoms with Crippen LogP contribution in [0.1, 0.15) is 24.2 Å². The minimum atomic E-state index is -0.246. The van der Waals surface area contributed by atoms with E-state index in [0.717, 1.165) is 16.3 Å². The Balaban J connectivity index is 1.89. The maximum absolute atomic E-state index is 12.2. The van der Waals surface area contributed by atoms with Crippen molar-refractivity contribution < 1.29 is 14.3 Å². The predicted octanol–water partition coefficient (Wildman–Crippen LogP) is 1.66. The summed E-state index contributed by atoms with van der Waals surface area (Å²) in [5.41, 5.74) is 1.89. The molecule has 6 nitrogen and oxygen atoms in total. The van der Waals surface area contributed by atoms with Gasteiger partial charge in [-0.2, -0.15) is 0 Å². The molecule has 21 heavy (non-hydrogen) atoms. The van der Waals surface area contributed by atoms with E-state index in [2.05, 4.69) is 9.72 Å². The number of aryl methyl sites for hydroxylation is 1. The molecule has 0 spiro atoms. The number of hydrogen-bond acceptors (Lipinski definition) is 5. The molecule has 0 N–H and O–H groups in total. The first-order chi connectivity index (χ1) is 10.0. The molecule has 0 saturated heterocycles. The highest BCUT2D eigenvalue weighted by molar-refractivity contribution is 7.15. The number of methoxy groups -OCH3 is 1. The summed E-state index contributed by atoms with van der Waals surface area (Å²) in [7, 11) is 3.12. The van der Waals surface area contributed by atoms with Crippen LogP contribution in [0.3, 0.4) is 0 Å². The summed E-state index contributed by atoms with van der Waals surface area (Å²) in [4.78, 5) is 30.1. The quantitative estimate of drug-likeness (QED) is 0.761. The molecule has 0 aliphatic heterocycles. The van der Waals surface area contributed by atoms with E-state index in [1.54, 1.807) is 11.9 Å². The average Bonchev–Trinajstić information content (AvgIpc) is 2.98. The van der Waals surface area contributed by atoms with Crippen molar-refractivity contribution in [2.24, 2.45) is 0 Å². The maximum Gasteiger partial charge on any atom is 0.305 e. The Morgan fingerprint density at radius 2 is 2.24 bits per heavy atom. The standard InChI is InChI=1S/C14H19N3O3S/c1-10-8-17-11(9-21-14(17)15-10)7-12(18)16(2)6-4-5-13(19)20-3/h8-9H,4-7H2,1-3H3. The Labute approximate surface area is 127 Å². The summed E-state index contributed by atoms with van der Waals surface area (Å²) in [6.45, 7) is 2.48. The number of likely N-dealkylation sites (N-methyl/N-ethyl adjacent to an activating group) is 1. The van der Waals surface area contributed by atoms with Crippen LogP contribution in [0.25, 0.3) is 4.96 Å². The van der Waals surface area contributed by atoms with Gasteiger partial charge in [-0.3, -0.25) is 14.0 Å². The number of imidazole rings is 1. The van der Waals surface area contributed by atoms with E-state index in [-0.39, 0.29) is 11.9 Å². The molecule has 1 amide bonds. The molecular weight excluding hydrogens is 290 g/mol. The Kier molecular flexibility index (Phi) is 4.95. The zero-order valence-electron chi connectivity index (χ0n) is 12.5. The summed E-state index contributed by atoms with van der Waals surface area (Å²) in [5, 5.41) is 1.96. The third-order valence-corrected chi connectivity index (χ3v) is 4.15. The topological polar surface area (TPSA) is 63.9 Å².